The molecule has 1 aliphatic heterocycles. The number of amides is 1. The summed E-state index contributed by atoms with van der Waals surface area (Å²) in [7, 11) is -3.13. The van der Waals surface area contributed by atoms with Crippen molar-refractivity contribution in [2.75, 3.05) is 18.1 Å². The van der Waals surface area contributed by atoms with Crippen LogP contribution in [-0.2, 0) is 16.4 Å². The number of rotatable bonds is 6. The standard InChI is InChI=1S/C18H19Cl2NO4S2/c1-2-25-17-15(19)8-12(9-16(17)20)18(22)21(10-14-4-3-6-26-14)13-5-7-27(23,24)11-13/h3-4,6,8-9,13H,2,5,7,10-11H2,1H3. The van der Waals surface area contributed by atoms with Crippen molar-refractivity contribution in [3.8, 4) is 5.75 Å². The highest BCUT2D eigenvalue weighted by Crippen LogP contribution is 2.35. The smallest absolute Gasteiger partial charge is 0.254 e. The van der Waals surface area contributed by atoms with Gasteiger partial charge in [-0.15, -0.1) is 11.3 Å². The molecule has 1 saturated heterocycles. The van der Waals surface area contributed by atoms with E-state index in [2.05, 4.69) is 0 Å². The summed E-state index contributed by atoms with van der Waals surface area (Å²) in [6, 6.07) is 6.50. The third kappa shape index (κ3) is 4.77. The van der Waals surface area contributed by atoms with Crippen molar-refractivity contribution in [3.63, 3.8) is 0 Å². The summed E-state index contributed by atoms with van der Waals surface area (Å²) in [4.78, 5) is 15.8. The molecule has 0 saturated carbocycles. The highest BCUT2D eigenvalue weighted by atomic mass is 35.5. The van der Waals surface area contributed by atoms with Gasteiger partial charge in [0.25, 0.3) is 5.91 Å². The summed E-state index contributed by atoms with van der Waals surface area (Å²) in [6.07, 6.45) is 0.429. The maximum absolute atomic E-state index is 13.2. The van der Waals surface area contributed by atoms with Gasteiger partial charge in [0, 0.05) is 16.5 Å². The van der Waals surface area contributed by atoms with Crippen molar-refractivity contribution in [1.82, 2.24) is 4.90 Å². The second-order valence-electron chi connectivity index (χ2n) is 6.27. The lowest BCUT2D eigenvalue weighted by Crippen LogP contribution is -2.40. The molecule has 27 heavy (non-hydrogen) atoms. The molecule has 2 aromatic rings. The number of thiophene rings is 1. The normalized spacial score (nSPS) is 18.4. The maximum atomic E-state index is 13.2. The number of benzene rings is 1. The van der Waals surface area contributed by atoms with Crippen molar-refractivity contribution >= 4 is 50.3 Å². The van der Waals surface area contributed by atoms with Crippen LogP contribution in [0.2, 0.25) is 10.0 Å². The van der Waals surface area contributed by atoms with Crippen LogP contribution in [0.5, 0.6) is 5.75 Å². The Morgan fingerprint density at radius 1 is 1.33 bits per heavy atom. The molecule has 1 aromatic heterocycles. The molecule has 0 radical (unpaired) electrons. The predicted octanol–water partition coefficient (Wildman–Crippen LogP) is 4.28. The van der Waals surface area contributed by atoms with E-state index in [0.29, 0.717) is 30.9 Å². The molecule has 1 atom stereocenters. The largest absolute Gasteiger partial charge is 0.491 e. The Balaban J connectivity index is 1.93. The fraction of sp³-hybridized carbons (Fsp3) is 0.389. The Morgan fingerprint density at radius 2 is 2.04 bits per heavy atom. The Morgan fingerprint density at radius 3 is 2.56 bits per heavy atom. The predicted molar refractivity (Wildman–Crippen MR) is 109 cm³/mol. The molecule has 0 spiro atoms. The van der Waals surface area contributed by atoms with E-state index in [1.54, 1.807) is 4.90 Å². The second kappa shape index (κ2) is 8.39. The summed E-state index contributed by atoms with van der Waals surface area (Å²) in [5, 5.41) is 2.43. The van der Waals surface area contributed by atoms with Crippen molar-refractivity contribution in [1.29, 1.82) is 0 Å². The SMILES string of the molecule is CCOc1c(Cl)cc(C(=O)N(Cc2cccs2)C2CCS(=O)(=O)C2)cc1Cl. The minimum Gasteiger partial charge on any atom is -0.491 e. The minimum absolute atomic E-state index is 0.0252. The molecule has 146 valence electrons. The monoisotopic (exact) mass is 447 g/mol. The number of ether oxygens (including phenoxy) is 1. The Bertz CT molecular complexity index is 906. The van der Waals surface area contributed by atoms with Gasteiger partial charge in [0.2, 0.25) is 0 Å². The molecule has 2 heterocycles. The first-order valence-corrected chi connectivity index (χ1v) is 11.9. The second-order valence-corrected chi connectivity index (χ2v) is 10.3. The summed E-state index contributed by atoms with van der Waals surface area (Å²) >= 11 is 14.0. The van der Waals surface area contributed by atoms with E-state index in [1.807, 2.05) is 24.4 Å². The van der Waals surface area contributed by atoms with Crippen LogP contribution in [-0.4, -0.2) is 43.4 Å². The van der Waals surface area contributed by atoms with Gasteiger partial charge < -0.3 is 9.64 Å². The fourth-order valence-electron chi connectivity index (χ4n) is 3.09. The first-order valence-electron chi connectivity index (χ1n) is 8.46. The number of carbonyl (C=O) groups excluding carboxylic acids is 1. The molecule has 3 rings (SSSR count). The van der Waals surface area contributed by atoms with Crippen LogP contribution in [0.3, 0.4) is 0 Å². The van der Waals surface area contributed by atoms with Gasteiger partial charge in [-0.1, -0.05) is 29.3 Å². The third-order valence-corrected chi connectivity index (χ3v) is 7.52. The summed E-state index contributed by atoms with van der Waals surface area (Å²) in [6.45, 7) is 2.56. The summed E-state index contributed by atoms with van der Waals surface area (Å²) in [5.74, 6) is 0.113. The number of halogens is 2. The molecule has 1 fully saturated rings. The quantitative estimate of drug-likeness (QED) is 0.662. The topological polar surface area (TPSA) is 63.7 Å². The van der Waals surface area contributed by atoms with E-state index < -0.39 is 9.84 Å². The zero-order valence-corrected chi connectivity index (χ0v) is 17.8. The van der Waals surface area contributed by atoms with E-state index in [9.17, 15) is 13.2 Å². The van der Waals surface area contributed by atoms with Gasteiger partial charge in [-0.3, -0.25) is 4.79 Å². The van der Waals surface area contributed by atoms with Gasteiger partial charge in [0.1, 0.15) is 0 Å². The molecular formula is C18H19Cl2NO4S2. The third-order valence-electron chi connectivity index (χ3n) is 4.35. The van der Waals surface area contributed by atoms with Gasteiger partial charge in [0.05, 0.1) is 34.7 Å². The number of hydrogen-bond donors (Lipinski definition) is 0. The number of carbonyl (C=O) groups is 1. The van der Waals surface area contributed by atoms with Crippen LogP contribution >= 0.6 is 34.5 Å². The molecular weight excluding hydrogens is 429 g/mol. The van der Waals surface area contributed by atoms with Crippen LogP contribution in [0.1, 0.15) is 28.6 Å². The number of hydrogen-bond acceptors (Lipinski definition) is 5. The number of nitrogens with zero attached hydrogens (tertiary/aromatic N) is 1. The van der Waals surface area contributed by atoms with Crippen LogP contribution in [0.25, 0.3) is 0 Å². The van der Waals surface area contributed by atoms with Gasteiger partial charge in [-0.2, -0.15) is 0 Å². The van der Waals surface area contributed by atoms with Crippen LogP contribution in [0.15, 0.2) is 29.6 Å². The van der Waals surface area contributed by atoms with Crippen LogP contribution in [0, 0.1) is 0 Å². The average Bonchev–Trinajstić information content (AvgIpc) is 3.24. The summed E-state index contributed by atoms with van der Waals surface area (Å²) < 4.78 is 29.3. The van der Waals surface area contributed by atoms with Gasteiger partial charge >= 0.3 is 0 Å². The van der Waals surface area contributed by atoms with Gasteiger partial charge in [-0.05, 0) is 36.9 Å². The molecule has 5 nitrogen and oxygen atoms in total. The molecule has 1 aliphatic rings. The van der Waals surface area contributed by atoms with Crippen molar-refractivity contribution in [3.05, 3.63) is 50.1 Å². The molecule has 0 N–H and O–H groups in total. The fourth-order valence-corrected chi connectivity index (χ4v) is 6.12. The van der Waals surface area contributed by atoms with Gasteiger partial charge in [0.15, 0.2) is 15.6 Å². The average molecular weight is 448 g/mol. The first kappa shape index (κ1) is 20.5. The van der Waals surface area contributed by atoms with Crippen molar-refractivity contribution < 1.29 is 17.9 Å². The van der Waals surface area contributed by atoms with Crippen molar-refractivity contribution in [2.45, 2.75) is 25.9 Å². The maximum Gasteiger partial charge on any atom is 0.254 e. The summed E-state index contributed by atoms with van der Waals surface area (Å²) in [5.41, 5.74) is 0.314. The Hall–Kier alpha value is -1.28. The van der Waals surface area contributed by atoms with E-state index in [4.69, 9.17) is 27.9 Å². The van der Waals surface area contributed by atoms with Crippen LogP contribution < -0.4 is 4.74 Å². The molecule has 1 aromatic carbocycles. The lowest BCUT2D eigenvalue weighted by Gasteiger charge is -2.28. The van der Waals surface area contributed by atoms with E-state index in [1.165, 1.54) is 23.5 Å². The van der Waals surface area contributed by atoms with E-state index >= 15 is 0 Å². The van der Waals surface area contributed by atoms with E-state index in [0.717, 1.165) is 4.88 Å². The zero-order chi connectivity index (χ0) is 19.6. The highest BCUT2D eigenvalue weighted by Gasteiger charge is 2.35. The highest BCUT2D eigenvalue weighted by molar-refractivity contribution is 7.91. The Kier molecular flexibility index (Phi) is 6.35. The lowest BCUT2D eigenvalue weighted by molar-refractivity contribution is 0.0683. The number of sulfone groups is 1. The zero-order valence-electron chi connectivity index (χ0n) is 14.7. The van der Waals surface area contributed by atoms with Gasteiger partial charge in [-0.25, -0.2) is 8.42 Å². The van der Waals surface area contributed by atoms with E-state index in [-0.39, 0.29) is 33.5 Å². The molecule has 1 amide bonds. The molecule has 9 heteroatoms. The molecule has 1 unspecified atom stereocenters. The molecule has 0 bridgehead atoms. The molecule has 0 aliphatic carbocycles. The first-order chi connectivity index (χ1) is 12.8. The van der Waals surface area contributed by atoms with Crippen LogP contribution in [0.4, 0.5) is 0 Å². The lowest BCUT2D eigenvalue weighted by atomic mass is 10.1. The Labute approximate surface area is 172 Å². The van der Waals surface area contributed by atoms with Crippen molar-refractivity contribution in [2.24, 2.45) is 0 Å². The minimum atomic E-state index is -3.13.